The Balaban J connectivity index is 1.98. The number of ether oxygens (including phenoxy) is 1. The number of methoxy groups -OCH3 is 1. The SMILES string of the molecule is COc1ccc2c(c1)c(CCN(C)C)cn2C(=O)C1CCCCC1. The molecule has 1 aliphatic rings. The molecule has 4 heteroatoms. The highest BCUT2D eigenvalue weighted by atomic mass is 16.5. The maximum atomic E-state index is 13.0. The van der Waals surface area contributed by atoms with Gasteiger partial charge >= 0.3 is 0 Å². The van der Waals surface area contributed by atoms with Gasteiger partial charge in [0.05, 0.1) is 12.6 Å². The third-order valence-corrected chi connectivity index (χ3v) is 5.11. The Morgan fingerprint density at radius 1 is 1.25 bits per heavy atom. The highest BCUT2D eigenvalue weighted by Gasteiger charge is 2.24. The van der Waals surface area contributed by atoms with Crippen LogP contribution in [-0.2, 0) is 6.42 Å². The van der Waals surface area contributed by atoms with Gasteiger partial charge < -0.3 is 9.64 Å². The summed E-state index contributed by atoms with van der Waals surface area (Å²) in [6.45, 7) is 0.966. The minimum absolute atomic E-state index is 0.179. The summed E-state index contributed by atoms with van der Waals surface area (Å²) in [6.07, 6.45) is 8.67. The van der Waals surface area contributed by atoms with Crippen molar-refractivity contribution in [2.75, 3.05) is 27.7 Å². The highest BCUT2D eigenvalue weighted by molar-refractivity contribution is 5.96. The summed E-state index contributed by atoms with van der Waals surface area (Å²) in [5.74, 6) is 1.29. The van der Waals surface area contributed by atoms with Crippen LogP contribution >= 0.6 is 0 Å². The normalized spacial score (nSPS) is 16.0. The van der Waals surface area contributed by atoms with E-state index in [1.807, 2.05) is 16.7 Å². The van der Waals surface area contributed by atoms with Gasteiger partial charge in [0.15, 0.2) is 0 Å². The number of likely N-dealkylation sites (N-methyl/N-ethyl adjacent to an activating group) is 1. The summed E-state index contributed by atoms with van der Waals surface area (Å²) < 4.78 is 7.28. The van der Waals surface area contributed by atoms with Crippen molar-refractivity contribution in [3.8, 4) is 5.75 Å². The summed E-state index contributed by atoms with van der Waals surface area (Å²) >= 11 is 0. The van der Waals surface area contributed by atoms with Crippen molar-refractivity contribution in [3.05, 3.63) is 30.0 Å². The van der Waals surface area contributed by atoms with Crippen LogP contribution in [-0.4, -0.2) is 43.1 Å². The first kappa shape index (κ1) is 17.0. The molecule has 0 N–H and O–H groups in total. The van der Waals surface area contributed by atoms with Crippen LogP contribution in [0.25, 0.3) is 10.9 Å². The van der Waals surface area contributed by atoms with E-state index in [1.165, 1.54) is 24.8 Å². The third kappa shape index (κ3) is 3.48. The third-order valence-electron chi connectivity index (χ3n) is 5.11. The largest absolute Gasteiger partial charge is 0.497 e. The van der Waals surface area contributed by atoms with Crippen molar-refractivity contribution in [1.82, 2.24) is 9.47 Å². The number of benzene rings is 1. The van der Waals surface area contributed by atoms with E-state index in [2.05, 4.69) is 31.3 Å². The Hall–Kier alpha value is -1.81. The molecule has 1 fully saturated rings. The molecule has 3 rings (SSSR count). The van der Waals surface area contributed by atoms with Crippen LogP contribution in [0.2, 0.25) is 0 Å². The van der Waals surface area contributed by atoms with E-state index >= 15 is 0 Å². The lowest BCUT2D eigenvalue weighted by molar-refractivity contribution is 0.0807. The van der Waals surface area contributed by atoms with Gasteiger partial charge in [-0.1, -0.05) is 19.3 Å². The van der Waals surface area contributed by atoms with Crippen LogP contribution in [0.1, 0.15) is 42.5 Å². The Labute approximate surface area is 144 Å². The number of fused-ring (bicyclic) bond motifs is 1. The van der Waals surface area contributed by atoms with E-state index in [1.54, 1.807) is 7.11 Å². The zero-order valence-corrected chi connectivity index (χ0v) is 15.0. The van der Waals surface area contributed by atoms with Gasteiger partial charge in [-0.2, -0.15) is 0 Å². The molecule has 0 saturated heterocycles. The van der Waals surface area contributed by atoms with E-state index in [9.17, 15) is 4.79 Å². The molecule has 24 heavy (non-hydrogen) atoms. The molecule has 1 saturated carbocycles. The van der Waals surface area contributed by atoms with Crippen LogP contribution < -0.4 is 4.74 Å². The summed E-state index contributed by atoms with van der Waals surface area (Å²) in [4.78, 5) is 15.2. The Morgan fingerprint density at radius 3 is 2.67 bits per heavy atom. The second-order valence-corrected chi connectivity index (χ2v) is 7.13. The first-order chi connectivity index (χ1) is 11.6. The predicted molar refractivity (Wildman–Crippen MR) is 97.9 cm³/mol. The lowest BCUT2D eigenvalue weighted by Gasteiger charge is -2.20. The van der Waals surface area contributed by atoms with E-state index in [-0.39, 0.29) is 11.8 Å². The summed E-state index contributed by atoms with van der Waals surface area (Å²) in [5, 5.41) is 1.14. The number of nitrogens with zero attached hydrogens (tertiary/aromatic N) is 2. The fraction of sp³-hybridized carbons (Fsp3) is 0.550. The molecule has 1 heterocycles. The van der Waals surface area contributed by atoms with Gasteiger partial charge in [0.2, 0.25) is 5.91 Å². The van der Waals surface area contributed by atoms with Crippen LogP contribution in [0.3, 0.4) is 0 Å². The monoisotopic (exact) mass is 328 g/mol. The van der Waals surface area contributed by atoms with Crippen molar-refractivity contribution in [1.29, 1.82) is 0 Å². The predicted octanol–water partition coefficient (Wildman–Crippen LogP) is 3.97. The molecule has 1 aromatic heterocycles. The number of hydrogen-bond acceptors (Lipinski definition) is 3. The molecule has 1 aliphatic carbocycles. The average Bonchev–Trinajstić information content (AvgIpc) is 2.97. The number of carbonyl (C=O) groups is 1. The van der Waals surface area contributed by atoms with Crippen molar-refractivity contribution < 1.29 is 9.53 Å². The fourth-order valence-corrected chi connectivity index (χ4v) is 3.68. The van der Waals surface area contributed by atoms with Gasteiger partial charge in [-0.15, -0.1) is 0 Å². The van der Waals surface area contributed by atoms with E-state index in [4.69, 9.17) is 4.74 Å². The molecular formula is C20H28N2O2. The van der Waals surface area contributed by atoms with Gasteiger partial charge in [0, 0.05) is 24.0 Å². The van der Waals surface area contributed by atoms with Crippen molar-refractivity contribution >= 4 is 16.8 Å². The molecule has 1 aromatic carbocycles. The van der Waals surface area contributed by atoms with Crippen LogP contribution in [0.5, 0.6) is 5.75 Å². The van der Waals surface area contributed by atoms with Crippen molar-refractivity contribution in [2.45, 2.75) is 38.5 Å². The summed E-state index contributed by atoms with van der Waals surface area (Å²) in [7, 11) is 5.84. The Kier molecular flexibility index (Phi) is 5.24. The standard InChI is InChI=1S/C20H28N2O2/c1-21(2)12-11-16-14-22(20(23)15-7-5-4-6-8-15)19-10-9-17(24-3)13-18(16)19/h9-10,13-15H,4-8,11-12H2,1-3H3. The molecule has 0 spiro atoms. The molecule has 0 bridgehead atoms. The van der Waals surface area contributed by atoms with Crippen LogP contribution in [0.4, 0.5) is 0 Å². The van der Waals surface area contributed by atoms with Gasteiger partial charge in [0.1, 0.15) is 5.75 Å². The molecular weight excluding hydrogens is 300 g/mol. The highest BCUT2D eigenvalue weighted by Crippen LogP contribution is 2.30. The minimum Gasteiger partial charge on any atom is -0.497 e. The molecule has 0 amide bonds. The number of hydrogen-bond donors (Lipinski definition) is 0. The van der Waals surface area contributed by atoms with Gasteiger partial charge in [0.25, 0.3) is 0 Å². The summed E-state index contributed by atoms with van der Waals surface area (Å²) in [6, 6.07) is 6.03. The molecule has 0 unspecified atom stereocenters. The molecule has 130 valence electrons. The second kappa shape index (κ2) is 7.39. The maximum Gasteiger partial charge on any atom is 0.234 e. The first-order valence-corrected chi connectivity index (χ1v) is 8.97. The Morgan fingerprint density at radius 2 is 2.00 bits per heavy atom. The van der Waals surface area contributed by atoms with Crippen molar-refractivity contribution in [2.24, 2.45) is 5.92 Å². The fourth-order valence-electron chi connectivity index (χ4n) is 3.68. The minimum atomic E-state index is 0.179. The maximum absolute atomic E-state index is 13.0. The van der Waals surface area contributed by atoms with Crippen LogP contribution in [0.15, 0.2) is 24.4 Å². The Bertz CT molecular complexity index is 712. The quantitative estimate of drug-likeness (QED) is 0.833. The molecule has 0 atom stereocenters. The topological polar surface area (TPSA) is 34.5 Å². The lowest BCUT2D eigenvalue weighted by Crippen LogP contribution is -2.23. The van der Waals surface area contributed by atoms with Gasteiger partial charge in [-0.3, -0.25) is 9.36 Å². The number of carbonyl (C=O) groups excluding carboxylic acids is 1. The molecule has 0 aliphatic heterocycles. The number of rotatable bonds is 5. The zero-order valence-electron chi connectivity index (χ0n) is 15.0. The lowest BCUT2D eigenvalue weighted by atomic mass is 9.88. The molecule has 4 nitrogen and oxygen atoms in total. The van der Waals surface area contributed by atoms with E-state index < -0.39 is 0 Å². The first-order valence-electron chi connectivity index (χ1n) is 8.97. The summed E-state index contributed by atoms with van der Waals surface area (Å²) in [5.41, 5.74) is 2.24. The second-order valence-electron chi connectivity index (χ2n) is 7.13. The molecule has 2 aromatic rings. The van der Waals surface area contributed by atoms with Crippen molar-refractivity contribution in [3.63, 3.8) is 0 Å². The van der Waals surface area contributed by atoms with Crippen LogP contribution in [0, 0.1) is 5.92 Å². The van der Waals surface area contributed by atoms with Gasteiger partial charge in [-0.25, -0.2) is 0 Å². The van der Waals surface area contributed by atoms with E-state index in [0.717, 1.165) is 42.5 Å². The zero-order chi connectivity index (χ0) is 17.1. The average molecular weight is 328 g/mol. The van der Waals surface area contributed by atoms with E-state index in [0.29, 0.717) is 0 Å². The number of aromatic nitrogens is 1. The smallest absolute Gasteiger partial charge is 0.234 e. The molecule has 0 radical (unpaired) electrons. The van der Waals surface area contributed by atoms with Gasteiger partial charge in [-0.05, 0) is 57.1 Å².